The summed E-state index contributed by atoms with van der Waals surface area (Å²) in [6, 6.07) is -0.235. The van der Waals surface area contributed by atoms with Gasteiger partial charge in [0.25, 0.3) is 0 Å². The zero-order chi connectivity index (χ0) is 19.9. The lowest BCUT2D eigenvalue weighted by Crippen LogP contribution is -2.50. The first kappa shape index (κ1) is 20.7. The first-order valence-electron chi connectivity index (χ1n) is 10.3. The normalized spacial score (nSPS) is 28.2. The van der Waals surface area contributed by atoms with Gasteiger partial charge in [0.15, 0.2) is 5.82 Å². The van der Waals surface area contributed by atoms with Gasteiger partial charge < -0.3 is 14.8 Å². The summed E-state index contributed by atoms with van der Waals surface area (Å²) in [5, 5.41) is 17.5. The molecule has 2 aliphatic rings. The highest BCUT2D eigenvalue weighted by Gasteiger charge is 2.38. The van der Waals surface area contributed by atoms with Crippen molar-refractivity contribution in [2.75, 3.05) is 13.2 Å². The van der Waals surface area contributed by atoms with Crippen molar-refractivity contribution in [3.8, 4) is 0 Å². The standard InChI is InChI=1S/C19H31N5O4/c1-12(28-13(2)25)7-8-27-19(26)17-10-16-9-14(3-5-15(16)11-20-17)4-6-18-21-23-24-22-18/h12,14-17,20H,3-11H2,1-2H3,(H,21,22,23,24)/t12-,14+,15-,16+,17-/m0/s1. The van der Waals surface area contributed by atoms with Crippen molar-refractivity contribution in [1.29, 1.82) is 0 Å². The molecule has 5 atom stereocenters. The Bertz CT molecular complexity index is 638. The Morgan fingerprint density at radius 2 is 2.11 bits per heavy atom. The molecular formula is C19H31N5O4. The van der Waals surface area contributed by atoms with Crippen LogP contribution >= 0.6 is 0 Å². The molecule has 1 aliphatic heterocycles. The second kappa shape index (κ2) is 9.95. The Balaban J connectivity index is 1.40. The van der Waals surface area contributed by atoms with E-state index in [0.717, 1.165) is 38.1 Å². The summed E-state index contributed by atoms with van der Waals surface area (Å²) in [5.74, 6) is 2.13. The van der Waals surface area contributed by atoms with E-state index in [9.17, 15) is 9.59 Å². The van der Waals surface area contributed by atoms with Gasteiger partial charge in [0.1, 0.15) is 12.1 Å². The van der Waals surface area contributed by atoms with Crippen LogP contribution in [0.1, 0.15) is 58.2 Å². The summed E-state index contributed by atoms with van der Waals surface area (Å²) >= 11 is 0. The number of fused-ring (bicyclic) bond motifs is 1. The fourth-order valence-electron chi connectivity index (χ4n) is 4.49. The van der Waals surface area contributed by atoms with Crippen LogP contribution in [-0.4, -0.2) is 57.9 Å². The predicted octanol–water partition coefficient (Wildman–Crippen LogP) is 1.41. The molecule has 2 N–H and O–H groups in total. The lowest BCUT2D eigenvalue weighted by atomic mass is 9.69. The molecule has 0 amide bonds. The van der Waals surface area contributed by atoms with E-state index >= 15 is 0 Å². The summed E-state index contributed by atoms with van der Waals surface area (Å²) < 4.78 is 10.5. The first-order chi connectivity index (χ1) is 13.5. The van der Waals surface area contributed by atoms with E-state index in [4.69, 9.17) is 9.47 Å². The Kier molecular flexibility index (Phi) is 7.36. The number of hydrogen-bond acceptors (Lipinski definition) is 8. The van der Waals surface area contributed by atoms with E-state index in [-0.39, 0.29) is 30.7 Å². The summed E-state index contributed by atoms with van der Waals surface area (Å²) in [6.07, 6.45) is 6.61. The largest absolute Gasteiger partial charge is 0.464 e. The zero-order valence-electron chi connectivity index (χ0n) is 16.7. The summed E-state index contributed by atoms with van der Waals surface area (Å²) in [7, 11) is 0. The van der Waals surface area contributed by atoms with Gasteiger partial charge in [-0.3, -0.25) is 9.59 Å². The molecule has 156 valence electrons. The number of tetrazole rings is 1. The van der Waals surface area contributed by atoms with E-state index in [1.165, 1.54) is 19.8 Å². The fourth-order valence-corrected chi connectivity index (χ4v) is 4.49. The van der Waals surface area contributed by atoms with Gasteiger partial charge in [-0.1, -0.05) is 11.6 Å². The van der Waals surface area contributed by atoms with Crippen LogP contribution in [0.3, 0.4) is 0 Å². The Hall–Kier alpha value is -2.03. The SMILES string of the molecule is CC(=O)O[C@@H](C)CCOC(=O)[C@@H]1C[C@H]2C[C@@H](CCc3nn[nH]n3)CC[C@H]2CN1. The van der Waals surface area contributed by atoms with Gasteiger partial charge in [-0.15, -0.1) is 10.2 Å². The highest BCUT2D eigenvalue weighted by molar-refractivity contribution is 5.76. The highest BCUT2D eigenvalue weighted by atomic mass is 16.6. The molecule has 0 spiro atoms. The number of rotatable bonds is 8. The minimum Gasteiger partial charge on any atom is -0.464 e. The molecule has 28 heavy (non-hydrogen) atoms. The maximum absolute atomic E-state index is 12.4. The minimum atomic E-state index is -0.315. The second-order valence-corrected chi connectivity index (χ2v) is 8.14. The van der Waals surface area contributed by atoms with Crippen molar-refractivity contribution in [2.24, 2.45) is 17.8 Å². The fraction of sp³-hybridized carbons (Fsp3) is 0.842. The molecule has 0 bridgehead atoms. The lowest BCUT2D eigenvalue weighted by Gasteiger charge is -2.42. The van der Waals surface area contributed by atoms with E-state index in [2.05, 4.69) is 25.9 Å². The van der Waals surface area contributed by atoms with Crippen molar-refractivity contribution in [2.45, 2.75) is 70.9 Å². The number of aryl methyl sites for hydroxylation is 1. The number of H-pyrrole nitrogens is 1. The van der Waals surface area contributed by atoms with Crippen LogP contribution < -0.4 is 5.32 Å². The number of esters is 2. The predicted molar refractivity (Wildman–Crippen MR) is 100 cm³/mol. The van der Waals surface area contributed by atoms with Crippen molar-refractivity contribution in [3.63, 3.8) is 0 Å². The van der Waals surface area contributed by atoms with Crippen LogP contribution in [0.2, 0.25) is 0 Å². The van der Waals surface area contributed by atoms with Gasteiger partial charge in [0.2, 0.25) is 0 Å². The number of aromatic amines is 1. The zero-order valence-corrected chi connectivity index (χ0v) is 16.7. The molecule has 9 nitrogen and oxygen atoms in total. The highest BCUT2D eigenvalue weighted by Crippen LogP contribution is 2.40. The molecular weight excluding hydrogens is 362 g/mol. The van der Waals surface area contributed by atoms with Crippen LogP contribution in [0.25, 0.3) is 0 Å². The Labute approximate surface area is 165 Å². The molecule has 0 radical (unpaired) electrons. The maximum Gasteiger partial charge on any atom is 0.323 e. The number of carbonyl (C=O) groups is 2. The van der Waals surface area contributed by atoms with Gasteiger partial charge in [-0.05, 0) is 56.9 Å². The van der Waals surface area contributed by atoms with Gasteiger partial charge in [-0.2, -0.15) is 5.21 Å². The van der Waals surface area contributed by atoms with Crippen LogP contribution in [0.5, 0.6) is 0 Å². The number of ether oxygens (including phenoxy) is 2. The smallest absolute Gasteiger partial charge is 0.323 e. The molecule has 2 heterocycles. The quantitative estimate of drug-likeness (QED) is 0.636. The molecule has 1 aliphatic carbocycles. The van der Waals surface area contributed by atoms with Gasteiger partial charge >= 0.3 is 11.9 Å². The van der Waals surface area contributed by atoms with Gasteiger partial charge in [-0.25, -0.2) is 0 Å². The van der Waals surface area contributed by atoms with Gasteiger partial charge in [0, 0.05) is 19.8 Å². The summed E-state index contributed by atoms with van der Waals surface area (Å²) in [4.78, 5) is 23.3. The molecule has 0 aromatic carbocycles. The van der Waals surface area contributed by atoms with E-state index in [1.54, 1.807) is 6.92 Å². The topological polar surface area (TPSA) is 119 Å². The Morgan fingerprint density at radius 3 is 2.86 bits per heavy atom. The lowest BCUT2D eigenvalue weighted by molar-refractivity contribution is -0.150. The third-order valence-corrected chi connectivity index (χ3v) is 6.00. The average molecular weight is 393 g/mol. The van der Waals surface area contributed by atoms with Crippen LogP contribution in [0.15, 0.2) is 0 Å². The van der Waals surface area contributed by atoms with E-state index in [0.29, 0.717) is 24.2 Å². The molecule has 0 unspecified atom stereocenters. The minimum absolute atomic E-state index is 0.192. The van der Waals surface area contributed by atoms with Gasteiger partial charge in [0.05, 0.1) is 6.61 Å². The van der Waals surface area contributed by atoms with Crippen molar-refractivity contribution < 1.29 is 19.1 Å². The number of nitrogens with zero attached hydrogens (tertiary/aromatic N) is 3. The number of piperidine rings is 1. The van der Waals surface area contributed by atoms with Crippen LogP contribution in [-0.2, 0) is 25.5 Å². The summed E-state index contributed by atoms with van der Waals surface area (Å²) in [6.45, 7) is 4.33. The molecule has 1 saturated carbocycles. The van der Waals surface area contributed by atoms with Crippen molar-refractivity contribution in [3.05, 3.63) is 5.82 Å². The van der Waals surface area contributed by atoms with E-state index < -0.39 is 0 Å². The number of aromatic nitrogens is 4. The van der Waals surface area contributed by atoms with E-state index in [1.807, 2.05) is 0 Å². The van der Waals surface area contributed by atoms with Crippen LogP contribution in [0.4, 0.5) is 0 Å². The molecule has 1 aromatic rings. The van der Waals surface area contributed by atoms with Crippen molar-refractivity contribution in [1.82, 2.24) is 25.9 Å². The number of nitrogens with one attached hydrogen (secondary N) is 2. The third-order valence-electron chi connectivity index (χ3n) is 6.00. The number of hydrogen-bond donors (Lipinski definition) is 2. The molecule has 1 saturated heterocycles. The monoisotopic (exact) mass is 393 g/mol. The summed E-state index contributed by atoms with van der Waals surface area (Å²) in [5.41, 5.74) is 0. The Morgan fingerprint density at radius 1 is 1.25 bits per heavy atom. The number of carbonyl (C=O) groups excluding carboxylic acids is 2. The molecule has 3 rings (SSSR count). The third kappa shape index (κ3) is 5.98. The van der Waals surface area contributed by atoms with Crippen LogP contribution in [0, 0.1) is 17.8 Å². The maximum atomic E-state index is 12.4. The molecule has 2 fully saturated rings. The molecule has 1 aromatic heterocycles. The first-order valence-corrected chi connectivity index (χ1v) is 10.3. The van der Waals surface area contributed by atoms with Crippen molar-refractivity contribution >= 4 is 11.9 Å². The average Bonchev–Trinajstić information content (AvgIpc) is 3.18. The molecule has 9 heteroatoms. The second-order valence-electron chi connectivity index (χ2n) is 8.14.